The Balaban J connectivity index is 1.72. The summed E-state index contributed by atoms with van der Waals surface area (Å²) in [5.41, 5.74) is 2.39. The Morgan fingerprint density at radius 1 is 1.58 bits per heavy atom. The molecule has 0 saturated carbocycles. The summed E-state index contributed by atoms with van der Waals surface area (Å²) in [6.07, 6.45) is 1.27. The zero-order chi connectivity index (χ0) is 18.7. The molecule has 0 aromatic carbocycles. The molecule has 0 bridgehead atoms. The number of carbonyl (C=O) groups excluding carboxylic acids is 3. The monoisotopic (exact) mass is 425 g/mol. The third kappa shape index (κ3) is 3.66. The summed E-state index contributed by atoms with van der Waals surface area (Å²) in [7, 11) is 0. The molecule has 2 aliphatic rings. The number of allylic oxidation sites excluding steroid dienone is 1. The molecule has 0 unspecified atom stereocenters. The van der Waals surface area contributed by atoms with E-state index in [9.17, 15) is 14.4 Å². The van der Waals surface area contributed by atoms with Gasteiger partial charge in [0.05, 0.1) is 11.8 Å². The maximum Gasteiger partial charge on any atom is 0.253 e. The molecule has 1 saturated heterocycles. The molecule has 0 spiro atoms. The topological polar surface area (TPSA) is 116 Å². The second kappa shape index (κ2) is 8.26. The Labute approximate surface area is 166 Å². The fraction of sp³-hybridized carbons (Fsp3) is 0.286. The van der Waals surface area contributed by atoms with Crippen molar-refractivity contribution in [2.24, 2.45) is 0 Å². The third-order valence-corrected chi connectivity index (χ3v) is 6.56. The summed E-state index contributed by atoms with van der Waals surface area (Å²) in [6.45, 7) is 0. The SMILES string of the molecule is N#C/C=C\SCC(=O)N[C@@H]1C(=O)N2C(C(=O)S)=C(c3nncs3)CS[C@H]12. The fourth-order valence-electron chi connectivity index (χ4n) is 2.51. The van der Waals surface area contributed by atoms with Crippen molar-refractivity contribution in [1.82, 2.24) is 20.4 Å². The molecule has 3 heterocycles. The van der Waals surface area contributed by atoms with Crippen LogP contribution in [0.5, 0.6) is 0 Å². The molecule has 2 atom stereocenters. The van der Waals surface area contributed by atoms with Crippen molar-refractivity contribution in [3.63, 3.8) is 0 Å². The van der Waals surface area contributed by atoms with Gasteiger partial charge < -0.3 is 5.32 Å². The molecule has 1 aromatic rings. The number of β-lactam (4-membered cyclic amide) rings is 1. The highest BCUT2D eigenvalue weighted by atomic mass is 32.2. The highest BCUT2D eigenvalue weighted by Gasteiger charge is 2.54. The summed E-state index contributed by atoms with van der Waals surface area (Å²) >= 11 is 7.80. The van der Waals surface area contributed by atoms with Crippen LogP contribution in [0.1, 0.15) is 5.01 Å². The van der Waals surface area contributed by atoms with Gasteiger partial charge in [0.25, 0.3) is 5.91 Å². The molecule has 8 nitrogen and oxygen atoms in total. The molecular weight excluding hydrogens is 414 g/mol. The Bertz CT molecular complexity index is 845. The van der Waals surface area contributed by atoms with Gasteiger partial charge in [0.15, 0.2) is 0 Å². The number of thioether (sulfide) groups is 2. The van der Waals surface area contributed by atoms with Gasteiger partial charge >= 0.3 is 0 Å². The van der Waals surface area contributed by atoms with Gasteiger partial charge in [-0.15, -0.1) is 45.1 Å². The van der Waals surface area contributed by atoms with Crippen LogP contribution in [0.25, 0.3) is 5.57 Å². The molecule has 134 valence electrons. The predicted octanol–water partition coefficient (Wildman–Crippen LogP) is 0.876. The Hall–Kier alpha value is -1.81. The van der Waals surface area contributed by atoms with Crippen LogP contribution in [0.4, 0.5) is 0 Å². The molecular formula is C14H11N5O3S4. The summed E-state index contributed by atoms with van der Waals surface area (Å²) in [5.74, 6) is -0.0951. The van der Waals surface area contributed by atoms with Crippen LogP contribution >= 0.6 is 47.5 Å². The lowest BCUT2D eigenvalue weighted by molar-refractivity contribution is -0.146. The van der Waals surface area contributed by atoms with Gasteiger partial charge in [-0.25, -0.2) is 0 Å². The van der Waals surface area contributed by atoms with Crippen molar-refractivity contribution < 1.29 is 14.4 Å². The van der Waals surface area contributed by atoms with Crippen LogP contribution in [-0.2, 0) is 14.4 Å². The van der Waals surface area contributed by atoms with Crippen LogP contribution in [0.3, 0.4) is 0 Å². The summed E-state index contributed by atoms with van der Waals surface area (Å²) in [6, 6.07) is 1.14. The van der Waals surface area contributed by atoms with E-state index in [2.05, 4.69) is 28.1 Å². The second-order valence-corrected chi connectivity index (χ2v) is 8.31. The van der Waals surface area contributed by atoms with Crippen LogP contribution in [0.15, 0.2) is 22.7 Å². The van der Waals surface area contributed by atoms with E-state index in [1.54, 1.807) is 5.51 Å². The predicted molar refractivity (Wildman–Crippen MR) is 103 cm³/mol. The van der Waals surface area contributed by atoms with Gasteiger partial charge in [0.1, 0.15) is 27.6 Å². The number of thiol groups is 1. The lowest BCUT2D eigenvalue weighted by atomic mass is 10.0. The Morgan fingerprint density at radius 2 is 2.38 bits per heavy atom. The van der Waals surface area contributed by atoms with E-state index in [-0.39, 0.29) is 28.6 Å². The highest BCUT2D eigenvalue weighted by Crippen LogP contribution is 2.43. The zero-order valence-electron chi connectivity index (χ0n) is 13.0. The highest BCUT2D eigenvalue weighted by molar-refractivity contribution is 8.02. The zero-order valence-corrected chi connectivity index (χ0v) is 16.3. The normalized spacial score (nSPS) is 22.0. The molecule has 1 N–H and O–H groups in total. The third-order valence-electron chi connectivity index (χ3n) is 3.56. The van der Waals surface area contributed by atoms with Crippen LogP contribution in [-0.4, -0.2) is 54.9 Å². The molecule has 12 heteroatoms. The average molecular weight is 426 g/mol. The number of nitriles is 1. The summed E-state index contributed by atoms with van der Waals surface area (Å²) in [5, 5.41) is 20.0. The van der Waals surface area contributed by atoms with E-state index >= 15 is 0 Å². The van der Waals surface area contributed by atoms with Crippen molar-refractivity contribution in [2.75, 3.05) is 11.5 Å². The van der Waals surface area contributed by atoms with Crippen molar-refractivity contribution in [3.05, 3.63) is 27.7 Å². The Kier molecular flexibility index (Phi) is 6.02. The lowest BCUT2D eigenvalue weighted by Gasteiger charge is -2.49. The second-order valence-electron chi connectivity index (χ2n) is 5.07. The van der Waals surface area contributed by atoms with E-state index < -0.39 is 11.2 Å². The van der Waals surface area contributed by atoms with Gasteiger partial charge in [-0.3, -0.25) is 19.3 Å². The number of amides is 2. The standard InChI is InChI=1S/C14H11N5O3S4/c15-2-1-3-24-5-8(20)17-9-12(21)19-10(14(22)23)7(4-25-13(9)19)11-18-16-6-26-11/h1,3,6,9,13H,4-5H2,(H,17,20)(H,22,23)/b3-1-/t9-,13-/m1/s1. The van der Waals surface area contributed by atoms with Gasteiger partial charge in [-0.1, -0.05) is 12.6 Å². The molecule has 2 amide bonds. The lowest BCUT2D eigenvalue weighted by Crippen LogP contribution is -2.70. The van der Waals surface area contributed by atoms with E-state index in [0.29, 0.717) is 16.3 Å². The summed E-state index contributed by atoms with van der Waals surface area (Å²) < 4.78 is 0. The van der Waals surface area contributed by atoms with E-state index in [4.69, 9.17) is 5.26 Å². The maximum atomic E-state index is 12.5. The van der Waals surface area contributed by atoms with E-state index in [1.807, 2.05) is 6.07 Å². The quantitative estimate of drug-likeness (QED) is 0.392. The van der Waals surface area contributed by atoms with Crippen LogP contribution in [0, 0.1) is 11.3 Å². The molecule has 3 rings (SSSR count). The number of hydrogen-bond donors (Lipinski definition) is 2. The maximum absolute atomic E-state index is 12.5. The van der Waals surface area contributed by atoms with Crippen LogP contribution < -0.4 is 5.32 Å². The molecule has 1 aromatic heterocycles. The van der Waals surface area contributed by atoms with Crippen molar-refractivity contribution >= 4 is 70.0 Å². The summed E-state index contributed by atoms with van der Waals surface area (Å²) in [4.78, 5) is 37.9. The number of rotatable bonds is 6. The first-order valence-corrected chi connectivity index (χ1v) is 10.6. The number of nitrogens with zero attached hydrogens (tertiary/aromatic N) is 4. The minimum absolute atomic E-state index is 0.101. The van der Waals surface area contributed by atoms with Crippen molar-refractivity contribution in [3.8, 4) is 6.07 Å². The van der Waals surface area contributed by atoms with E-state index in [0.717, 1.165) is 11.8 Å². The number of hydrogen-bond acceptors (Lipinski definition) is 9. The minimum Gasteiger partial charge on any atom is -0.341 e. The van der Waals surface area contributed by atoms with Crippen molar-refractivity contribution in [1.29, 1.82) is 5.26 Å². The van der Waals surface area contributed by atoms with Gasteiger partial charge in [0.2, 0.25) is 11.0 Å². The smallest absolute Gasteiger partial charge is 0.253 e. The average Bonchev–Trinajstić information content (AvgIpc) is 3.16. The fourth-order valence-corrected chi connectivity index (χ4v) is 5.27. The molecule has 26 heavy (non-hydrogen) atoms. The Morgan fingerprint density at radius 3 is 3.04 bits per heavy atom. The molecule has 1 fully saturated rings. The number of nitrogens with one attached hydrogen (secondary N) is 1. The number of aromatic nitrogens is 2. The van der Waals surface area contributed by atoms with Crippen molar-refractivity contribution in [2.45, 2.75) is 11.4 Å². The van der Waals surface area contributed by atoms with Gasteiger partial charge in [-0.2, -0.15) is 5.26 Å². The first-order valence-electron chi connectivity index (χ1n) is 7.18. The first-order chi connectivity index (χ1) is 12.5. The number of fused-ring (bicyclic) bond motifs is 1. The van der Waals surface area contributed by atoms with Gasteiger partial charge in [-0.05, 0) is 5.41 Å². The number of carbonyl (C=O) groups is 3. The largest absolute Gasteiger partial charge is 0.341 e. The van der Waals surface area contributed by atoms with Crippen LogP contribution in [0.2, 0.25) is 0 Å². The molecule has 0 radical (unpaired) electrons. The molecule has 0 aliphatic carbocycles. The minimum atomic E-state index is -0.688. The first kappa shape index (κ1) is 19.0. The van der Waals surface area contributed by atoms with Gasteiger partial charge in [0, 0.05) is 17.4 Å². The molecule has 2 aliphatic heterocycles. The van der Waals surface area contributed by atoms with E-state index in [1.165, 1.54) is 39.5 Å².